The van der Waals surface area contributed by atoms with Gasteiger partial charge in [0.1, 0.15) is 0 Å². The lowest BCUT2D eigenvalue weighted by molar-refractivity contribution is 0.559. The molecule has 6 heteroatoms. The summed E-state index contributed by atoms with van der Waals surface area (Å²) < 4.78 is 5.23. The summed E-state index contributed by atoms with van der Waals surface area (Å²) >= 11 is 5.02. The van der Waals surface area contributed by atoms with E-state index in [2.05, 4.69) is 35.6 Å². The molecule has 1 aliphatic heterocycles. The smallest absolute Gasteiger partial charge is 0.0926 e. The van der Waals surface area contributed by atoms with Crippen LogP contribution in [0.25, 0.3) is 0 Å². The normalized spacial score (nSPS) is 20.2. The molecule has 0 aromatic carbocycles. The zero-order valence-electron chi connectivity index (χ0n) is 7.83. The maximum atomic E-state index is 4.38. The molecular weight excluding hydrogens is 276 g/mol. The maximum Gasteiger partial charge on any atom is 0.0926 e. The number of nitrogens with zero attached hydrogens (tertiary/aromatic N) is 2. The second kappa shape index (κ2) is 3.70. The van der Waals surface area contributed by atoms with Crippen LogP contribution in [0.4, 0.5) is 0 Å². The van der Waals surface area contributed by atoms with E-state index in [9.17, 15) is 0 Å². The van der Waals surface area contributed by atoms with Crippen LogP contribution in [-0.2, 0) is 6.42 Å². The van der Waals surface area contributed by atoms with Crippen molar-refractivity contribution in [3.05, 3.63) is 33.3 Å². The molecule has 0 radical (unpaired) electrons. The molecule has 2 N–H and O–H groups in total. The number of hydrogen-bond donors (Lipinski definition) is 2. The van der Waals surface area contributed by atoms with Gasteiger partial charge in [-0.05, 0) is 27.5 Å². The Balaban J connectivity index is 2.07. The van der Waals surface area contributed by atoms with Crippen LogP contribution in [-0.4, -0.2) is 20.9 Å². The van der Waals surface area contributed by atoms with E-state index in [1.165, 1.54) is 22.1 Å². The minimum absolute atomic E-state index is 0.182. The van der Waals surface area contributed by atoms with E-state index < -0.39 is 0 Å². The van der Waals surface area contributed by atoms with Crippen molar-refractivity contribution in [2.24, 2.45) is 0 Å². The van der Waals surface area contributed by atoms with Gasteiger partial charge >= 0.3 is 0 Å². The number of rotatable bonds is 1. The van der Waals surface area contributed by atoms with Gasteiger partial charge < -0.3 is 10.3 Å². The number of nitrogens with one attached hydrogen (secondary N) is 2. The SMILES string of the molecule is Brc1cnsc1C1NCCc2[nH]cnc21. The van der Waals surface area contributed by atoms with Crippen molar-refractivity contribution in [1.82, 2.24) is 19.7 Å². The second-order valence-corrected chi connectivity index (χ2v) is 5.13. The van der Waals surface area contributed by atoms with E-state index in [0.29, 0.717) is 0 Å². The lowest BCUT2D eigenvalue weighted by Gasteiger charge is -2.21. The molecule has 3 heterocycles. The highest BCUT2D eigenvalue weighted by molar-refractivity contribution is 9.10. The third-order valence-electron chi connectivity index (χ3n) is 2.56. The van der Waals surface area contributed by atoms with E-state index >= 15 is 0 Å². The molecule has 2 aromatic heterocycles. The van der Waals surface area contributed by atoms with Gasteiger partial charge in [-0.15, -0.1) is 0 Å². The van der Waals surface area contributed by atoms with Gasteiger partial charge in [-0.3, -0.25) is 0 Å². The molecule has 0 saturated heterocycles. The first-order valence-electron chi connectivity index (χ1n) is 4.72. The van der Waals surface area contributed by atoms with Crippen molar-refractivity contribution < 1.29 is 0 Å². The maximum absolute atomic E-state index is 4.38. The van der Waals surface area contributed by atoms with Crippen molar-refractivity contribution in [3.63, 3.8) is 0 Å². The van der Waals surface area contributed by atoms with E-state index in [0.717, 1.165) is 23.1 Å². The molecule has 3 rings (SSSR count). The molecule has 78 valence electrons. The van der Waals surface area contributed by atoms with Gasteiger partial charge in [0.2, 0.25) is 0 Å². The largest absolute Gasteiger partial charge is 0.348 e. The van der Waals surface area contributed by atoms with Gasteiger partial charge in [0, 0.05) is 18.7 Å². The van der Waals surface area contributed by atoms with Crippen LogP contribution in [0.1, 0.15) is 22.3 Å². The van der Waals surface area contributed by atoms with E-state index in [4.69, 9.17) is 0 Å². The van der Waals surface area contributed by atoms with E-state index in [1.54, 1.807) is 6.33 Å². The Morgan fingerprint density at radius 2 is 2.47 bits per heavy atom. The number of imidazole rings is 1. The monoisotopic (exact) mass is 284 g/mol. The van der Waals surface area contributed by atoms with E-state index in [-0.39, 0.29) is 6.04 Å². The Bertz CT molecular complexity index is 478. The first-order valence-corrected chi connectivity index (χ1v) is 6.28. The van der Waals surface area contributed by atoms with Gasteiger partial charge in [0.05, 0.1) is 33.6 Å². The number of aromatic amines is 1. The van der Waals surface area contributed by atoms with Crippen molar-refractivity contribution in [3.8, 4) is 0 Å². The number of hydrogen-bond acceptors (Lipinski definition) is 4. The zero-order valence-corrected chi connectivity index (χ0v) is 10.2. The molecule has 1 atom stereocenters. The third kappa shape index (κ3) is 1.53. The van der Waals surface area contributed by atoms with Crippen molar-refractivity contribution >= 4 is 27.5 Å². The first-order chi connectivity index (χ1) is 7.36. The molecule has 1 unspecified atom stereocenters. The highest BCUT2D eigenvalue weighted by Crippen LogP contribution is 2.33. The summed E-state index contributed by atoms with van der Waals surface area (Å²) in [5, 5.41) is 3.46. The Hall–Kier alpha value is -0.720. The van der Waals surface area contributed by atoms with Gasteiger partial charge in [-0.2, -0.15) is 4.37 Å². The van der Waals surface area contributed by atoms with Crippen LogP contribution in [0.5, 0.6) is 0 Å². The van der Waals surface area contributed by atoms with Crippen molar-refractivity contribution in [2.75, 3.05) is 6.54 Å². The zero-order chi connectivity index (χ0) is 10.3. The molecular formula is C9H9BrN4S. The quantitative estimate of drug-likeness (QED) is 0.841. The lowest BCUT2D eigenvalue weighted by Crippen LogP contribution is -2.30. The molecule has 15 heavy (non-hydrogen) atoms. The van der Waals surface area contributed by atoms with Gasteiger partial charge in [0.15, 0.2) is 0 Å². The summed E-state index contributed by atoms with van der Waals surface area (Å²) in [6, 6.07) is 0.182. The van der Waals surface area contributed by atoms with Crippen LogP contribution >= 0.6 is 27.5 Å². The summed E-state index contributed by atoms with van der Waals surface area (Å²) in [4.78, 5) is 8.76. The fraction of sp³-hybridized carbons (Fsp3) is 0.333. The minimum Gasteiger partial charge on any atom is -0.348 e. The van der Waals surface area contributed by atoms with Crippen molar-refractivity contribution in [2.45, 2.75) is 12.5 Å². The molecule has 0 fully saturated rings. The molecule has 4 nitrogen and oxygen atoms in total. The Morgan fingerprint density at radius 3 is 3.27 bits per heavy atom. The summed E-state index contributed by atoms with van der Waals surface area (Å²) in [5.41, 5.74) is 2.34. The van der Waals surface area contributed by atoms with Crippen molar-refractivity contribution in [1.29, 1.82) is 0 Å². The molecule has 2 aromatic rings. The van der Waals surface area contributed by atoms with Gasteiger partial charge in [-0.25, -0.2) is 4.98 Å². The van der Waals surface area contributed by atoms with E-state index in [1.807, 2.05) is 6.20 Å². The first kappa shape index (κ1) is 9.50. The fourth-order valence-electron chi connectivity index (χ4n) is 1.86. The Kier molecular flexibility index (Phi) is 2.34. The summed E-state index contributed by atoms with van der Waals surface area (Å²) in [5.74, 6) is 0. The lowest BCUT2D eigenvalue weighted by atomic mass is 10.0. The van der Waals surface area contributed by atoms with Crippen LogP contribution in [0.3, 0.4) is 0 Å². The average Bonchev–Trinajstić information content (AvgIpc) is 2.85. The molecule has 0 bridgehead atoms. The van der Waals surface area contributed by atoms with Crippen LogP contribution < -0.4 is 5.32 Å². The fourth-order valence-corrected chi connectivity index (χ4v) is 3.26. The molecule has 1 aliphatic rings. The number of fused-ring (bicyclic) bond motifs is 1. The third-order valence-corrected chi connectivity index (χ3v) is 4.32. The predicted molar refractivity (Wildman–Crippen MR) is 62.0 cm³/mol. The van der Waals surface area contributed by atoms with Gasteiger partial charge in [-0.1, -0.05) is 0 Å². The Labute approximate surface area is 99.4 Å². The molecule has 0 aliphatic carbocycles. The molecule has 0 spiro atoms. The summed E-state index contributed by atoms with van der Waals surface area (Å²) in [6.45, 7) is 0.976. The molecule has 0 saturated carbocycles. The molecule has 0 amide bonds. The second-order valence-electron chi connectivity index (χ2n) is 3.44. The predicted octanol–water partition coefficient (Wildman–Crippen LogP) is 1.86. The number of halogens is 1. The summed E-state index contributed by atoms with van der Waals surface area (Å²) in [7, 11) is 0. The average molecular weight is 285 g/mol. The van der Waals surface area contributed by atoms with Crippen LogP contribution in [0, 0.1) is 0 Å². The summed E-state index contributed by atoms with van der Waals surface area (Å²) in [6.07, 6.45) is 4.62. The number of H-pyrrole nitrogens is 1. The topological polar surface area (TPSA) is 53.6 Å². The van der Waals surface area contributed by atoms with Gasteiger partial charge in [0.25, 0.3) is 0 Å². The highest BCUT2D eigenvalue weighted by Gasteiger charge is 2.26. The minimum atomic E-state index is 0.182. The highest BCUT2D eigenvalue weighted by atomic mass is 79.9. The standard InChI is InChI=1S/C9H9BrN4S/c10-5-3-14-15-9(5)8-7-6(1-2-11-8)12-4-13-7/h3-4,8,11H,1-2H2,(H,12,13). The Morgan fingerprint density at radius 1 is 1.53 bits per heavy atom. The van der Waals surface area contributed by atoms with Crippen LogP contribution in [0.2, 0.25) is 0 Å². The van der Waals surface area contributed by atoms with Crippen LogP contribution in [0.15, 0.2) is 17.0 Å². The number of aromatic nitrogens is 3.